The molecule has 0 fully saturated rings. The molecule has 0 saturated carbocycles. The minimum Gasteiger partial charge on any atom is -0.479 e. The van der Waals surface area contributed by atoms with Crippen molar-refractivity contribution in [2.45, 2.75) is 6.04 Å². The van der Waals surface area contributed by atoms with Crippen LogP contribution in [0.3, 0.4) is 0 Å². The molecule has 0 aliphatic heterocycles. The number of carboxylic acids is 1. The molecule has 2 N–H and O–H groups in total. The van der Waals surface area contributed by atoms with Crippen LogP contribution < -0.4 is 5.32 Å². The predicted molar refractivity (Wildman–Crippen MR) is 76.3 cm³/mol. The lowest BCUT2D eigenvalue weighted by Gasteiger charge is -2.14. The molecule has 98 valence electrons. The smallest absolute Gasteiger partial charge is 0.330 e. The molecule has 6 heteroatoms. The predicted octanol–water partition coefficient (Wildman–Crippen LogP) is 3.07. The molecule has 2 aromatic rings. The van der Waals surface area contributed by atoms with Crippen LogP contribution in [0, 0.1) is 0 Å². The highest BCUT2D eigenvalue weighted by Crippen LogP contribution is 2.18. The average molecular weight is 340 g/mol. The summed E-state index contributed by atoms with van der Waals surface area (Å²) in [6, 6.07) is 7.40. The maximum Gasteiger partial charge on any atom is 0.330 e. The number of benzene rings is 1. The maximum atomic E-state index is 11.9. The van der Waals surface area contributed by atoms with Crippen LogP contribution in [0.4, 0.5) is 0 Å². The molecule has 0 aliphatic rings. The monoisotopic (exact) mass is 339 g/mol. The van der Waals surface area contributed by atoms with Crippen molar-refractivity contribution in [2.75, 3.05) is 0 Å². The SMILES string of the molecule is O=C(NC(C(=O)O)c1ccc(Br)cc1)c1ccsc1. The van der Waals surface area contributed by atoms with Crippen LogP contribution >= 0.6 is 27.3 Å². The first kappa shape index (κ1) is 13.8. The van der Waals surface area contributed by atoms with Crippen molar-refractivity contribution in [3.63, 3.8) is 0 Å². The summed E-state index contributed by atoms with van der Waals surface area (Å²) >= 11 is 4.67. The first-order chi connectivity index (χ1) is 9.08. The number of nitrogens with one attached hydrogen (secondary N) is 1. The second-order valence-electron chi connectivity index (χ2n) is 3.81. The van der Waals surface area contributed by atoms with Crippen molar-refractivity contribution >= 4 is 39.1 Å². The third-order valence-corrected chi connectivity index (χ3v) is 3.72. The molecule has 1 aromatic heterocycles. The van der Waals surface area contributed by atoms with Crippen molar-refractivity contribution in [3.8, 4) is 0 Å². The minimum absolute atomic E-state index is 0.392. The number of rotatable bonds is 4. The van der Waals surface area contributed by atoms with Gasteiger partial charge in [-0.1, -0.05) is 28.1 Å². The van der Waals surface area contributed by atoms with E-state index in [-0.39, 0.29) is 0 Å². The summed E-state index contributed by atoms with van der Waals surface area (Å²) in [6.45, 7) is 0. The number of amides is 1. The Bertz CT molecular complexity index is 580. The van der Waals surface area contributed by atoms with Crippen LogP contribution in [-0.2, 0) is 4.79 Å². The van der Waals surface area contributed by atoms with E-state index in [2.05, 4.69) is 21.2 Å². The fraction of sp³-hybridized carbons (Fsp3) is 0.0769. The van der Waals surface area contributed by atoms with E-state index in [1.807, 2.05) is 0 Å². The number of aliphatic carboxylic acids is 1. The Morgan fingerprint density at radius 1 is 1.21 bits per heavy atom. The van der Waals surface area contributed by atoms with Crippen LogP contribution in [0.1, 0.15) is 22.0 Å². The van der Waals surface area contributed by atoms with Gasteiger partial charge in [-0.25, -0.2) is 4.79 Å². The van der Waals surface area contributed by atoms with Gasteiger partial charge in [0.25, 0.3) is 5.91 Å². The molecule has 0 radical (unpaired) electrons. The highest BCUT2D eigenvalue weighted by molar-refractivity contribution is 9.10. The summed E-state index contributed by atoms with van der Waals surface area (Å²) in [5.41, 5.74) is 0.993. The van der Waals surface area contributed by atoms with E-state index in [1.54, 1.807) is 41.1 Å². The van der Waals surface area contributed by atoms with E-state index < -0.39 is 17.9 Å². The van der Waals surface area contributed by atoms with E-state index in [9.17, 15) is 14.7 Å². The third-order valence-electron chi connectivity index (χ3n) is 2.51. The van der Waals surface area contributed by atoms with Gasteiger partial charge in [-0.15, -0.1) is 0 Å². The highest BCUT2D eigenvalue weighted by atomic mass is 79.9. The molecule has 1 atom stereocenters. The molecule has 19 heavy (non-hydrogen) atoms. The molecule has 0 bridgehead atoms. The van der Waals surface area contributed by atoms with Gasteiger partial charge in [-0.05, 0) is 29.1 Å². The van der Waals surface area contributed by atoms with Crippen LogP contribution in [0.2, 0.25) is 0 Å². The Morgan fingerprint density at radius 2 is 1.89 bits per heavy atom. The molecule has 0 saturated heterocycles. The Morgan fingerprint density at radius 3 is 2.42 bits per heavy atom. The molecule has 1 amide bonds. The van der Waals surface area contributed by atoms with E-state index in [4.69, 9.17) is 0 Å². The van der Waals surface area contributed by atoms with E-state index in [0.717, 1.165) is 4.47 Å². The second-order valence-corrected chi connectivity index (χ2v) is 5.50. The Labute approximate surface area is 122 Å². The van der Waals surface area contributed by atoms with Gasteiger partial charge in [0.05, 0.1) is 5.56 Å². The summed E-state index contributed by atoms with van der Waals surface area (Å²) in [7, 11) is 0. The van der Waals surface area contributed by atoms with Crippen molar-refractivity contribution in [2.24, 2.45) is 0 Å². The van der Waals surface area contributed by atoms with Crippen molar-refractivity contribution < 1.29 is 14.7 Å². The summed E-state index contributed by atoms with van der Waals surface area (Å²) < 4.78 is 0.851. The highest BCUT2D eigenvalue weighted by Gasteiger charge is 2.22. The van der Waals surface area contributed by atoms with Crippen molar-refractivity contribution in [1.82, 2.24) is 5.32 Å². The van der Waals surface area contributed by atoms with E-state index >= 15 is 0 Å². The fourth-order valence-electron chi connectivity index (χ4n) is 1.55. The summed E-state index contributed by atoms with van der Waals surface area (Å²) in [5, 5.41) is 15.2. The molecule has 0 spiro atoms. The quantitative estimate of drug-likeness (QED) is 0.899. The van der Waals surface area contributed by atoms with E-state index in [1.165, 1.54) is 11.3 Å². The number of hydrogen-bond acceptors (Lipinski definition) is 3. The summed E-state index contributed by atoms with van der Waals surface area (Å²) in [5.74, 6) is -1.48. The van der Waals surface area contributed by atoms with Gasteiger partial charge in [0.2, 0.25) is 0 Å². The molecular formula is C13H10BrNO3S. The molecular weight excluding hydrogens is 330 g/mol. The Kier molecular flexibility index (Phi) is 4.34. The summed E-state index contributed by atoms with van der Waals surface area (Å²) in [6.07, 6.45) is 0. The van der Waals surface area contributed by atoms with Crippen LogP contribution in [0.25, 0.3) is 0 Å². The molecule has 2 rings (SSSR count). The lowest BCUT2D eigenvalue weighted by molar-refractivity contribution is -0.139. The zero-order valence-electron chi connectivity index (χ0n) is 9.67. The fourth-order valence-corrected chi connectivity index (χ4v) is 2.45. The van der Waals surface area contributed by atoms with Crippen molar-refractivity contribution in [1.29, 1.82) is 0 Å². The molecule has 1 unspecified atom stereocenters. The maximum absolute atomic E-state index is 11.9. The van der Waals surface area contributed by atoms with Gasteiger partial charge >= 0.3 is 5.97 Å². The van der Waals surface area contributed by atoms with Gasteiger partial charge < -0.3 is 10.4 Å². The van der Waals surface area contributed by atoms with Gasteiger partial charge in [0.15, 0.2) is 6.04 Å². The Balaban J connectivity index is 2.19. The number of halogens is 1. The zero-order valence-corrected chi connectivity index (χ0v) is 12.1. The minimum atomic E-state index is -1.09. The standard InChI is InChI=1S/C13H10BrNO3S/c14-10-3-1-8(2-4-10)11(13(17)18)15-12(16)9-5-6-19-7-9/h1-7,11H,(H,15,16)(H,17,18). The molecule has 1 heterocycles. The zero-order chi connectivity index (χ0) is 13.8. The number of hydrogen-bond donors (Lipinski definition) is 2. The Hall–Kier alpha value is -1.66. The third kappa shape index (κ3) is 3.42. The van der Waals surface area contributed by atoms with E-state index in [0.29, 0.717) is 11.1 Å². The van der Waals surface area contributed by atoms with Gasteiger partial charge in [0, 0.05) is 9.85 Å². The van der Waals surface area contributed by atoms with Crippen LogP contribution in [0.15, 0.2) is 45.6 Å². The first-order valence-corrected chi connectivity index (χ1v) is 7.13. The lowest BCUT2D eigenvalue weighted by atomic mass is 10.1. The normalized spacial score (nSPS) is 11.8. The van der Waals surface area contributed by atoms with Gasteiger partial charge in [-0.3, -0.25) is 4.79 Å². The van der Waals surface area contributed by atoms with Crippen molar-refractivity contribution in [3.05, 3.63) is 56.7 Å². The largest absolute Gasteiger partial charge is 0.479 e. The second kappa shape index (κ2) is 5.99. The number of carbonyl (C=O) groups is 2. The van der Waals surface area contributed by atoms with Crippen LogP contribution in [0.5, 0.6) is 0 Å². The molecule has 4 nitrogen and oxygen atoms in total. The molecule has 0 aliphatic carbocycles. The number of carbonyl (C=O) groups excluding carboxylic acids is 1. The lowest BCUT2D eigenvalue weighted by Crippen LogP contribution is -2.33. The first-order valence-electron chi connectivity index (χ1n) is 5.39. The average Bonchev–Trinajstić information content (AvgIpc) is 2.90. The topological polar surface area (TPSA) is 66.4 Å². The summed E-state index contributed by atoms with van der Waals surface area (Å²) in [4.78, 5) is 23.1. The number of thiophene rings is 1. The molecule has 1 aromatic carbocycles. The number of carboxylic acid groups (broad SMARTS) is 1. The van der Waals surface area contributed by atoms with Crippen LogP contribution in [-0.4, -0.2) is 17.0 Å². The van der Waals surface area contributed by atoms with Gasteiger partial charge in [-0.2, -0.15) is 11.3 Å². The van der Waals surface area contributed by atoms with Gasteiger partial charge in [0.1, 0.15) is 0 Å².